The van der Waals surface area contributed by atoms with E-state index in [1.54, 1.807) is 51.4 Å². The summed E-state index contributed by atoms with van der Waals surface area (Å²) < 4.78 is 0. The Bertz CT molecular complexity index is 522. The normalized spacial score (nSPS) is 49.2. The Morgan fingerprint density at radius 3 is 2.32 bits per heavy atom. The van der Waals surface area contributed by atoms with E-state index in [4.69, 9.17) is 0 Å². The number of rotatable bonds is 6. The smallest absolute Gasteiger partial charge is 0.0264 e. The van der Waals surface area contributed by atoms with Crippen molar-refractivity contribution in [2.75, 3.05) is 0 Å². The second kappa shape index (κ2) is 8.26. The average molecular weight is 387 g/mol. The van der Waals surface area contributed by atoms with Gasteiger partial charge >= 0.3 is 0 Å². The van der Waals surface area contributed by atoms with Crippen molar-refractivity contribution in [1.29, 1.82) is 0 Å². The zero-order chi connectivity index (χ0) is 19.9. The molecule has 0 saturated heterocycles. The van der Waals surface area contributed by atoms with E-state index in [0.717, 1.165) is 41.4 Å². The highest BCUT2D eigenvalue weighted by atomic mass is 14.6. The molecular weight excluding hydrogens is 336 g/mol. The molecule has 0 aromatic rings. The highest BCUT2D eigenvalue weighted by molar-refractivity contribution is 5.09. The highest BCUT2D eigenvalue weighted by Crippen LogP contribution is 2.68. The molecule has 0 radical (unpaired) electrons. The Balaban J connectivity index is 1.47. The van der Waals surface area contributed by atoms with Crippen LogP contribution in [0, 0.1) is 52.3 Å². The van der Waals surface area contributed by atoms with E-state index >= 15 is 0 Å². The first kappa shape index (κ1) is 21.2. The fourth-order valence-electron chi connectivity index (χ4n) is 9.61. The lowest BCUT2D eigenvalue weighted by atomic mass is 9.44. The summed E-state index contributed by atoms with van der Waals surface area (Å²) in [6.45, 7) is 12.9. The first-order valence-corrected chi connectivity index (χ1v) is 13.4. The topological polar surface area (TPSA) is 0 Å². The van der Waals surface area contributed by atoms with Crippen LogP contribution in [0.1, 0.15) is 125 Å². The Morgan fingerprint density at radius 2 is 1.57 bits per heavy atom. The lowest BCUT2D eigenvalue weighted by Gasteiger charge is -2.61. The Hall–Kier alpha value is 0. The van der Waals surface area contributed by atoms with Crippen LogP contribution in [-0.2, 0) is 0 Å². The molecule has 0 bridgehead atoms. The largest absolute Gasteiger partial charge is 0.0654 e. The molecule has 0 heterocycles. The van der Waals surface area contributed by atoms with Gasteiger partial charge in [0.1, 0.15) is 0 Å². The predicted molar refractivity (Wildman–Crippen MR) is 122 cm³/mol. The molecule has 4 saturated carbocycles. The van der Waals surface area contributed by atoms with Crippen LogP contribution in [0.2, 0.25) is 0 Å². The van der Waals surface area contributed by atoms with Gasteiger partial charge in [-0.1, -0.05) is 66.7 Å². The summed E-state index contributed by atoms with van der Waals surface area (Å²) in [5.41, 5.74) is 1.37. The molecule has 0 heteroatoms. The van der Waals surface area contributed by atoms with E-state index in [9.17, 15) is 0 Å². The zero-order valence-electron chi connectivity index (χ0n) is 19.9. The molecule has 4 fully saturated rings. The molecule has 0 aromatic carbocycles. The summed E-state index contributed by atoms with van der Waals surface area (Å²) in [5, 5.41) is 0. The monoisotopic (exact) mass is 386 g/mol. The van der Waals surface area contributed by atoms with Gasteiger partial charge in [-0.15, -0.1) is 0 Å². The second-order valence-corrected chi connectivity index (χ2v) is 12.4. The van der Waals surface area contributed by atoms with E-state index in [1.165, 1.54) is 38.5 Å². The van der Waals surface area contributed by atoms with E-state index in [-0.39, 0.29) is 0 Å². The van der Waals surface area contributed by atoms with Gasteiger partial charge in [-0.25, -0.2) is 0 Å². The molecule has 0 spiro atoms. The fourth-order valence-corrected chi connectivity index (χ4v) is 9.61. The molecule has 9 atom stereocenters. The Labute approximate surface area is 177 Å². The molecule has 4 aliphatic carbocycles. The van der Waals surface area contributed by atoms with Crippen LogP contribution >= 0.6 is 0 Å². The van der Waals surface area contributed by atoms with Crippen LogP contribution in [-0.4, -0.2) is 0 Å². The van der Waals surface area contributed by atoms with Crippen LogP contribution in [0.3, 0.4) is 0 Å². The minimum Gasteiger partial charge on any atom is -0.0654 e. The highest BCUT2D eigenvalue weighted by Gasteiger charge is 2.60. The first-order chi connectivity index (χ1) is 13.4. The number of fused-ring (bicyclic) bond motifs is 5. The standard InChI is InChI=1S/C28H50/c1-6-8-9-10-20(3)24-13-14-25-23-12-11-22-19-21(7-2)15-17-27(22,4)26(23)16-18-28(24,25)5/h20-26H,6-19H2,1-5H3. The number of unbranched alkanes of at least 4 members (excludes halogenated alkanes) is 2. The average Bonchev–Trinajstić information content (AvgIpc) is 3.04. The molecule has 0 aliphatic heterocycles. The van der Waals surface area contributed by atoms with E-state index in [0.29, 0.717) is 10.8 Å². The summed E-state index contributed by atoms with van der Waals surface area (Å²) in [6.07, 6.45) is 21.3. The summed E-state index contributed by atoms with van der Waals surface area (Å²) in [4.78, 5) is 0. The summed E-state index contributed by atoms with van der Waals surface area (Å²) in [6, 6.07) is 0. The molecular formula is C28H50. The third-order valence-corrected chi connectivity index (χ3v) is 11.4. The maximum atomic E-state index is 2.75. The van der Waals surface area contributed by atoms with Crippen LogP contribution in [0.25, 0.3) is 0 Å². The molecule has 9 unspecified atom stereocenters. The predicted octanol–water partition coefficient (Wildman–Crippen LogP) is 8.89. The summed E-state index contributed by atoms with van der Waals surface area (Å²) in [5.74, 6) is 7.29. The number of hydrogen-bond acceptors (Lipinski definition) is 0. The maximum Gasteiger partial charge on any atom is -0.0264 e. The van der Waals surface area contributed by atoms with Gasteiger partial charge in [0.15, 0.2) is 0 Å². The van der Waals surface area contributed by atoms with Gasteiger partial charge in [0.05, 0.1) is 0 Å². The molecule has 162 valence electrons. The molecule has 0 amide bonds. The second-order valence-electron chi connectivity index (χ2n) is 12.4. The first-order valence-electron chi connectivity index (χ1n) is 13.4. The fraction of sp³-hybridized carbons (Fsp3) is 1.00. The molecule has 0 nitrogen and oxygen atoms in total. The quantitative estimate of drug-likeness (QED) is 0.400. The lowest BCUT2D eigenvalue weighted by Crippen LogP contribution is -2.53. The minimum atomic E-state index is 0.677. The van der Waals surface area contributed by atoms with Crippen LogP contribution < -0.4 is 0 Å². The van der Waals surface area contributed by atoms with Crippen molar-refractivity contribution >= 4 is 0 Å². The minimum absolute atomic E-state index is 0.677. The van der Waals surface area contributed by atoms with Crippen molar-refractivity contribution < 1.29 is 0 Å². The third-order valence-electron chi connectivity index (χ3n) is 11.4. The molecule has 4 aliphatic rings. The van der Waals surface area contributed by atoms with Gasteiger partial charge in [0.2, 0.25) is 0 Å². The van der Waals surface area contributed by atoms with Gasteiger partial charge < -0.3 is 0 Å². The molecule has 0 aromatic heterocycles. The van der Waals surface area contributed by atoms with Crippen LogP contribution in [0.5, 0.6) is 0 Å². The Morgan fingerprint density at radius 1 is 0.821 bits per heavy atom. The van der Waals surface area contributed by atoms with E-state index in [2.05, 4.69) is 34.6 Å². The lowest BCUT2D eigenvalue weighted by molar-refractivity contribution is -0.121. The van der Waals surface area contributed by atoms with E-state index in [1.807, 2.05) is 0 Å². The van der Waals surface area contributed by atoms with Gasteiger partial charge in [-0.3, -0.25) is 0 Å². The van der Waals surface area contributed by atoms with Crippen molar-refractivity contribution in [3.05, 3.63) is 0 Å². The van der Waals surface area contributed by atoms with Crippen molar-refractivity contribution in [3.8, 4) is 0 Å². The van der Waals surface area contributed by atoms with Crippen LogP contribution in [0.15, 0.2) is 0 Å². The molecule has 28 heavy (non-hydrogen) atoms. The van der Waals surface area contributed by atoms with Gasteiger partial charge in [0, 0.05) is 0 Å². The van der Waals surface area contributed by atoms with Crippen LogP contribution in [0.4, 0.5) is 0 Å². The zero-order valence-corrected chi connectivity index (χ0v) is 19.9. The van der Waals surface area contributed by atoms with Crippen molar-refractivity contribution in [1.82, 2.24) is 0 Å². The van der Waals surface area contributed by atoms with Crippen molar-refractivity contribution in [2.24, 2.45) is 52.3 Å². The number of hydrogen-bond donors (Lipinski definition) is 0. The van der Waals surface area contributed by atoms with Gasteiger partial charge in [-0.2, -0.15) is 0 Å². The maximum absolute atomic E-state index is 2.75. The SMILES string of the molecule is CCCCCC(C)C1CCC2C3CCC4CC(CC)CCC4(C)C3CCC12C. The molecule has 0 N–H and O–H groups in total. The Kier molecular flexibility index (Phi) is 6.27. The van der Waals surface area contributed by atoms with Crippen molar-refractivity contribution in [3.63, 3.8) is 0 Å². The van der Waals surface area contributed by atoms with Crippen molar-refractivity contribution in [2.45, 2.75) is 125 Å². The third kappa shape index (κ3) is 3.41. The van der Waals surface area contributed by atoms with Gasteiger partial charge in [0.25, 0.3) is 0 Å². The molecule has 4 rings (SSSR count). The van der Waals surface area contributed by atoms with Gasteiger partial charge in [-0.05, 0) is 110 Å². The summed E-state index contributed by atoms with van der Waals surface area (Å²) in [7, 11) is 0. The van der Waals surface area contributed by atoms with E-state index < -0.39 is 0 Å². The summed E-state index contributed by atoms with van der Waals surface area (Å²) >= 11 is 0.